The first kappa shape index (κ1) is 19.0. The zero-order valence-corrected chi connectivity index (χ0v) is 15.0. The molecule has 0 radical (unpaired) electrons. The van der Waals surface area contributed by atoms with Crippen molar-refractivity contribution in [1.29, 1.82) is 0 Å². The first-order chi connectivity index (χ1) is 13.2. The van der Waals surface area contributed by atoms with Crippen LogP contribution in [0.1, 0.15) is 10.4 Å². The quantitative estimate of drug-likeness (QED) is 0.626. The first-order valence-electron chi connectivity index (χ1n) is 8.94. The number of morpholine rings is 1. The summed E-state index contributed by atoms with van der Waals surface area (Å²) in [7, 11) is 0. The summed E-state index contributed by atoms with van der Waals surface area (Å²) in [6, 6.07) is 14.9. The van der Waals surface area contributed by atoms with E-state index in [1.54, 1.807) is 0 Å². The topological polar surface area (TPSA) is 66.0 Å². The van der Waals surface area contributed by atoms with E-state index in [-0.39, 0.29) is 11.7 Å². The molecule has 0 saturated carbocycles. The molecule has 1 aliphatic heterocycles. The molecule has 1 saturated heterocycles. The standard InChI is InChI=1S/C20H23FN4O2/c21-17-8-6-16(7-9-17)19(26)24-20(23-18-4-2-1-3-5-18)22-10-11-25-12-14-27-15-13-25/h1-9H,10-15H2,(H2,22,23,24,26). The maximum Gasteiger partial charge on any atom is 0.257 e. The lowest BCUT2D eigenvalue weighted by molar-refractivity contribution is 0.0394. The summed E-state index contributed by atoms with van der Waals surface area (Å²) < 4.78 is 18.4. The second-order valence-corrected chi connectivity index (χ2v) is 6.14. The van der Waals surface area contributed by atoms with Gasteiger partial charge >= 0.3 is 0 Å². The number of carbonyl (C=O) groups excluding carboxylic acids is 1. The molecule has 7 heteroatoms. The number of ether oxygens (including phenoxy) is 1. The Hall–Kier alpha value is -2.77. The lowest BCUT2D eigenvalue weighted by Gasteiger charge is -2.25. The van der Waals surface area contributed by atoms with Gasteiger partial charge in [0, 0.05) is 30.9 Å². The van der Waals surface area contributed by atoms with Crippen LogP contribution in [0.4, 0.5) is 10.1 Å². The average molecular weight is 370 g/mol. The average Bonchev–Trinajstić information content (AvgIpc) is 2.70. The lowest BCUT2D eigenvalue weighted by atomic mass is 10.2. The summed E-state index contributed by atoms with van der Waals surface area (Å²) in [4.78, 5) is 19.2. The molecule has 0 unspecified atom stereocenters. The molecule has 1 amide bonds. The summed E-state index contributed by atoms with van der Waals surface area (Å²) in [6.07, 6.45) is 0. The second kappa shape index (κ2) is 9.80. The van der Waals surface area contributed by atoms with Crippen LogP contribution in [0.3, 0.4) is 0 Å². The molecular formula is C20H23FN4O2. The zero-order valence-electron chi connectivity index (χ0n) is 15.0. The minimum Gasteiger partial charge on any atom is -0.379 e. The number of carbonyl (C=O) groups is 1. The molecule has 0 atom stereocenters. The molecule has 2 aromatic carbocycles. The largest absolute Gasteiger partial charge is 0.379 e. The minimum absolute atomic E-state index is 0.344. The normalized spacial score (nSPS) is 15.4. The van der Waals surface area contributed by atoms with Crippen LogP contribution in [0.15, 0.2) is 59.6 Å². The molecular weight excluding hydrogens is 347 g/mol. The van der Waals surface area contributed by atoms with E-state index >= 15 is 0 Å². The highest BCUT2D eigenvalue weighted by Crippen LogP contribution is 2.06. The van der Waals surface area contributed by atoms with E-state index in [0.29, 0.717) is 18.1 Å². The molecule has 2 N–H and O–H groups in total. The van der Waals surface area contributed by atoms with Crippen LogP contribution >= 0.6 is 0 Å². The Bertz CT molecular complexity index is 759. The van der Waals surface area contributed by atoms with Crippen molar-refractivity contribution in [3.8, 4) is 0 Å². The number of hydrogen-bond acceptors (Lipinski definition) is 4. The molecule has 0 bridgehead atoms. The van der Waals surface area contributed by atoms with Crippen LogP contribution in [0.5, 0.6) is 0 Å². The first-order valence-corrected chi connectivity index (χ1v) is 8.94. The molecule has 1 heterocycles. The molecule has 0 aliphatic carbocycles. The number of aliphatic imine (C=N–C) groups is 1. The van der Waals surface area contributed by atoms with Crippen LogP contribution in [0.2, 0.25) is 0 Å². The maximum absolute atomic E-state index is 13.1. The number of anilines is 1. The van der Waals surface area contributed by atoms with Gasteiger partial charge in [-0.25, -0.2) is 4.39 Å². The van der Waals surface area contributed by atoms with Crippen LogP contribution in [-0.4, -0.2) is 56.2 Å². The van der Waals surface area contributed by atoms with Gasteiger partial charge in [-0.3, -0.25) is 20.0 Å². The van der Waals surface area contributed by atoms with Gasteiger partial charge in [-0.1, -0.05) is 18.2 Å². The predicted octanol–water partition coefficient (Wildman–Crippen LogP) is 2.36. The molecule has 27 heavy (non-hydrogen) atoms. The molecule has 6 nitrogen and oxygen atoms in total. The second-order valence-electron chi connectivity index (χ2n) is 6.14. The summed E-state index contributed by atoms with van der Waals surface area (Å²) in [6.45, 7) is 4.58. The number of nitrogens with one attached hydrogen (secondary N) is 2. The number of nitrogens with zero attached hydrogens (tertiary/aromatic N) is 2. The Morgan fingerprint density at radius 2 is 1.78 bits per heavy atom. The number of para-hydroxylation sites is 1. The maximum atomic E-state index is 13.1. The number of hydrogen-bond donors (Lipinski definition) is 2. The molecule has 1 aliphatic rings. The summed E-state index contributed by atoms with van der Waals surface area (Å²) >= 11 is 0. The number of benzene rings is 2. The Morgan fingerprint density at radius 1 is 1.07 bits per heavy atom. The van der Waals surface area contributed by atoms with E-state index in [9.17, 15) is 9.18 Å². The highest BCUT2D eigenvalue weighted by Gasteiger charge is 2.11. The van der Waals surface area contributed by atoms with Crippen molar-refractivity contribution < 1.29 is 13.9 Å². The van der Waals surface area contributed by atoms with Crippen molar-refractivity contribution in [1.82, 2.24) is 10.2 Å². The van der Waals surface area contributed by atoms with Crippen molar-refractivity contribution in [2.75, 3.05) is 44.7 Å². The highest BCUT2D eigenvalue weighted by molar-refractivity contribution is 6.09. The fourth-order valence-electron chi connectivity index (χ4n) is 2.68. The zero-order chi connectivity index (χ0) is 18.9. The van der Waals surface area contributed by atoms with Gasteiger partial charge in [0.2, 0.25) is 5.96 Å². The summed E-state index contributed by atoms with van der Waals surface area (Å²) in [5.74, 6) is -0.360. The minimum atomic E-state index is -0.381. The molecule has 0 aromatic heterocycles. The van der Waals surface area contributed by atoms with E-state index in [1.807, 2.05) is 30.3 Å². The molecule has 1 fully saturated rings. The van der Waals surface area contributed by atoms with E-state index in [1.165, 1.54) is 24.3 Å². The Balaban J connectivity index is 1.65. The van der Waals surface area contributed by atoms with E-state index in [2.05, 4.69) is 20.5 Å². The lowest BCUT2D eigenvalue weighted by Crippen LogP contribution is -2.39. The van der Waals surface area contributed by atoms with Gasteiger partial charge in [0.25, 0.3) is 5.91 Å². The highest BCUT2D eigenvalue weighted by atomic mass is 19.1. The van der Waals surface area contributed by atoms with Crippen LogP contribution in [0.25, 0.3) is 0 Å². The van der Waals surface area contributed by atoms with Gasteiger partial charge in [-0.2, -0.15) is 0 Å². The number of amides is 1. The molecule has 3 rings (SSSR count). The van der Waals surface area contributed by atoms with Crippen molar-refractivity contribution in [3.63, 3.8) is 0 Å². The van der Waals surface area contributed by atoms with Gasteiger partial charge in [0.15, 0.2) is 0 Å². The monoisotopic (exact) mass is 370 g/mol. The van der Waals surface area contributed by atoms with Crippen LogP contribution < -0.4 is 10.6 Å². The Labute approximate surface area is 158 Å². The number of guanidine groups is 1. The smallest absolute Gasteiger partial charge is 0.257 e. The van der Waals surface area contributed by atoms with Crippen LogP contribution in [-0.2, 0) is 4.74 Å². The summed E-state index contributed by atoms with van der Waals surface area (Å²) in [5, 5.41) is 5.90. The third-order valence-corrected chi connectivity index (χ3v) is 4.16. The van der Waals surface area contributed by atoms with Gasteiger partial charge in [-0.15, -0.1) is 0 Å². The van der Waals surface area contributed by atoms with Gasteiger partial charge < -0.3 is 10.1 Å². The molecule has 0 spiro atoms. The number of rotatable bonds is 5. The third-order valence-electron chi connectivity index (χ3n) is 4.16. The molecule has 2 aromatic rings. The van der Waals surface area contributed by atoms with Crippen molar-refractivity contribution in [3.05, 3.63) is 66.0 Å². The predicted molar refractivity (Wildman–Crippen MR) is 103 cm³/mol. The van der Waals surface area contributed by atoms with Gasteiger partial charge in [-0.05, 0) is 36.4 Å². The van der Waals surface area contributed by atoms with E-state index in [0.717, 1.165) is 38.5 Å². The van der Waals surface area contributed by atoms with Crippen molar-refractivity contribution in [2.24, 2.45) is 4.99 Å². The fourth-order valence-corrected chi connectivity index (χ4v) is 2.68. The molecule has 142 valence electrons. The van der Waals surface area contributed by atoms with Crippen molar-refractivity contribution >= 4 is 17.6 Å². The fraction of sp³-hybridized carbons (Fsp3) is 0.300. The summed E-state index contributed by atoms with van der Waals surface area (Å²) in [5.41, 5.74) is 1.19. The van der Waals surface area contributed by atoms with E-state index < -0.39 is 0 Å². The van der Waals surface area contributed by atoms with Crippen LogP contribution in [0, 0.1) is 5.82 Å². The van der Waals surface area contributed by atoms with E-state index in [4.69, 9.17) is 4.74 Å². The Morgan fingerprint density at radius 3 is 2.48 bits per heavy atom. The SMILES string of the molecule is O=C(NC(=NCCN1CCOCC1)Nc1ccccc1)c1ccc(F)cc1. The van der Waals surface area contributed by atoms with Gasteiger partial charge in [0.05, 0.1) is 19.8 Å². The third kappa shape index (κ3) is 6.16. The number of halogens is 1. The Kier molecular flexibility index (Phi) is 6.90. The van der Waals surface area contributed by atoms with Crippen molar-refractivity contribution in [2.45, 2.75) is 0 Å². The van der Waals surface area contributed by atoms with Gasteiger partial charge in [0.1, 0.15) is 5.82 Å².